The quantitative estimate of drug-likeness (QED) is 0.637. The zero-order chi connectivity index (χ0) is 7.56. The first-order valence-corrected chi connectivity index (χ1v) is 3.43. The van der Waals surface area contributed by atoms with Crippen LogP contribution in [0.2, 0.25) is 10.0 Å². The van der Waals surface area contributed by atoms with E-state index in [2.05, 4.69) is 11.6 Å². The molecule has 3 heteroatoms. The third kappa shape index (κ3) is 1.49. The van der Waals surface area contributed by atoms with Crippen LogP contribution in [0.4, 0.5) is 0 Å². The first-order chi connectivity index (χ1) is 4.74. The van der Waals surface area contributed by atoms with Crippen molar-refractivity contribution in [2.45, 2.75) is 0 Å². The predicted octanol–water partition coefficient (Wildman–Crippen LogP) is 3.03. The molecule has 0 unspecified atom stereocenters. The molecule has 0 aromatic carbocycles. The minimum absolute atomic E-state index is 0.465. The van der Waals surface area contributed by atoms with Crippen LogP contribution < -0.4 is 0 Å². The highest BCUT2D eigenvalue weighted by Crippen LogP contribution is 2.20. The van der Waals surface area contributed by atoms with Crippen molar-refractivity contribution in [1.29, 1.82) is 0 Å². The Hall–Kier alpha value is -0.530. The lowest BCUT2D eigenvalue weighted by Crippen LogP contribution is -1.78. The highest BCUT2D eigenvalue weighted by molar-refractivity contribution is 6.41. The fourth-order valence-electron chi connectivity index (χ4n) is 0.541. The lowest BCUT2D eigenvalue weighted by molar-refractivity contribution is 1.30. The molecule has 0 aliphatic rings. The lowest BCUT2D eigenvalue weighted by atomic mass is 10.3. The Morgan fingerprint density at radius 3 is 2.60 bits per heavy atom. The summed E-state index contributed by atoms with van der Waals surface area (Å²) >= 11 is 11.3. The number of aromatic nitrogens is 1. The minimum Gasteiger partial charge on any atom is -0.255 e. The highest BCUT2D eigenvalue weighted by Gasteiger charge is 1.96. The fraction of sp³-hybridized carbons (Fsp3) is 0. The third-order valence-corrected chi connectivity index (χ3v) is 1.75. The molecule has 0 amide bonds. The first-order valence-electron chi connectivity index (χ1n) is 2.67. The number of nitrogens with zero attached hydrogens (tertiary/aromatic N) is 1. The molecule has 0 bridgehead atoms. The minimum atomic E-state index is 0.465. The smallest absolute Gasteiger partial charge is 0.0775 e. The average Bonchev–Trinajstić information content (AvgIpc) is 1.95. The van der Waals surface area contributed by atoms with Crippen LogP contribution in [-0.2, 0) is 0 Å². The van der Waals surface area contributed by atoms with Gasteiger partial charge in [-0.25, -0.2) is 0 Å². The number of hydrogen-bond donors (Lipinski definition) is 0. The van der Waals surface area contributed by atoms with Crippen LogP contribution in [0.5, 0.6) is 0 Å². The molecule has 1 aromatic heterocycles. The Morgan fingerprint density at radius 2 is 2.10 bits per heavy atom. The molecule has 0 fully saturated rings. The van der Waals surface area contributed by atoms with E-state index in [-0.39, 0.29) is 0 Å². The number of halogens is 2. The van der Waals surface area contributed by atoms with Gasteiger partial charge in [-0.1, -0.05) is 29.8 Å². The van der Waals surface area contributed by atoms with E-state index in [0.717, 1.165) is 5.69 Å². The van der Waals surface area contributed by atoms with Gasteiger partial charge in [-0.15, -0.1) is 0 Å². The van der Waals surface area contributed by atoms with Crippen LogP contribution in [0.25, 0.3) is 6.08 Å². The van der Waals surface area contributed by atoms with Gasteiger partial charge in [-0.3, -0.25) is 4.98 Å². The van der Waals surface area contributed by atoms with Crippen LogP contribution in [0, 0.1) is 0 Å². The molecule has 1 rings (SSSR count). The molecular weight excluding hydrogens is 169 g/mol. The number of rotatable bonds is 1. The number of hydrogen-bond acceptors (Lipinski definition) is 1. The summed E-state index contributed by atoms with van der Waals surface area (Å²) in [4.78, 5) is 3.92. The summed E-state index contributed by atoms with van der Waals surface area (Å²) < 4.78 is 0. The summed E-state index contributed by atoms with van der Waals surface area (Å²) in [5, 5.41) is 0.971. The van der Waals surface area contributed by atoms with Gasteiger partial charge >= 0.3 is 0 Å². The average molecular weight is 174 g/mol. The summed E-state index contributed by atoms with van der Waals surface area (Å²) in [6.45, 7) is 3.54. The molecule has 1 aromatic rings. The van der Waals surface area contributed by atoms with Crippen molar-refractivity contribution in [2.24, 2.45) is 0 Å². The molecule has 0 radical (unpaired) electrons. The van der Waals surface area contributed by atoms with Gasteiger partial charge in [0.25, 0.3) is 0 Å². The lowest BCUT2D eigenvalue weighted by Gasteiger charge is -1.94. The van der Waals surface area contributed by atoms with Gasteiger partial charge in [-0.2, -0.15) is 0 Å². The van der Waals surface area contributed by atoms with E-state index in [0.29, 0.717) is 10.0 Å². The highest BCUT2D eigenvalue weighted by atomic mass is 35.5. The van der Waals surface area contributed by atoms with Crippen molar-refractivity contribution in [1.82, 2.24) is 4.98 Å². The molecule has 0 atom stereocenters. The van der Waals surface area contributed by atoms with Crippen molar-refractivity contribution in [2.75, 3.05) is 0 Å². The van der Waals surface area contributed by atoms with Gasteiger partial charge < -0.3 is 0 Å². The first kappa shape index (κ1) is 7.58. The van der Waals surface area contributed by atoms with Crippen LogP contribution in [-0.4, -0.2) is 4.98 Å². The maximum Gasteiger partial charge on any atom is 0.0775 e. The molecule has 0 aliphatic carbocycles. The number of pyridine rings is 1. The van der Waals surface area contributed by atoms with E-state index >= 15 is 0 Å². The zero-order valence-corrected chi connectivity index (χ0v) is 6.65. The Labute approximate surface area is 69.3 Å². The van der Waals surface area contributed by atoms with Crippen molar-refractivity contribution in [3.05, 3.63) is 34.6 Å². The molecule has 0 saturated heterocycles. The van der Waals surface area contributed by atoms with Gasteiger partial charge in [0.1, 0.15) is 0 Å². The second-order valence-corrected chi connectivity index (χ2v) is 2.54. The second kappa shape index (κ2) is 3.04. The van der Waals surface area contributed by atoms with Crippen molar-refractivity contribution < 1.29 is 0 Å². The maximum absolute atomic E-state index is 5.67. The normalized spacial score (nSPS) is 9.40. The van der Waals surface area contributed by atoms with Crippen molar-refractivity contribution >= 4 is 29.3 Å². The molecule has 10 heavy (non-hydrogen) atoms. The van der Waals surface area contributed by atoms with Crippen LogP contribution in [0.15, 0.2) is 18.8 Å². The summed E-state index contributed by atoms with van der Waals surface area (Å²) in [5.41, 5.74) is 0.731. The topological polar surface area (TPSA) is 12.9 Å². The van der Waals surface area contributed by atoms with E-state index in [1.807, 2.05) is 0 Å². The van der Waals surface area contributed by atoms with Crippen LogP contribution >= 0.6 is 23.2 Å². The molecule has 0 saturated carbocycles. The van der Waals surface area contributed by atoms with Crippen molar-refractivity contribution in [3.8, 4) is 0 Å². The second-order valence-electron chi connectivity index (χ2n) is 1.73. The molecule has 1 heterocycles. The summed E-state index contributed by atoms with van der Waals surface area (Å²) in [7, 11) is 0. The van der Waals surface area contributed by atoms with E-state index in [4.69, 9.17) is 23.2 Å². The molecule has 1 nitrogen and oxygen atoms in total. The van der Waals surface area contributed by atoms with Crippen LogP contribution in [0.1, 0.15) is 5.69 Å². The van der Waals surface area contributed by atoms with Gasteiger partial charge in [-0.05, 0) is 12.1 Å². The molecular formula is C7H5Cl2N. The summed E-state index contributed by atoms with van der Waals surface area (Å²) in [6, 6.07) is 1.66. The van der Waals surface area contributed by atoms with Crippen molar-refractivity contribution in [3.63, 3.8) is 0 Å². The maximum atomic E-state index is 5.67. The fourth-order valence-corrected chi connectivity index (χ4v) is 0.804. The Bertz CT molecular complexity index is 258. The summed E-state index contributed by atoms with van der Waals surface area (Å²) in [5.74, 6) is 0. The Balaban J connectivity index is 3.16. The summed E-state index contributed by atoms with van der Waals surface area (Å²) in [6.07, 6.45) is 3.11. The third-order valence-electron chi connectivity index (χ3n) is 1.04. The molecule has 0 spiro atoms. The van der Waals surface area contributed by atoms with Crippen LogP contribution in [0.3, 0.4) is 0 Å². The molecule has 0 N–H and O–H groups in total. The standard InChI is InChI=1S/C7H5Cl2N/c1-2-5-3-6(8)7(9)4-10-5/h2-4H,1H2. The van der Waals surface area contributed by atoms with Gasteiger partial charge in [0.05, 0.1) is 15.7 Å². The van der Waals surface area contributed by atoms with E-state index in [9.17, 15) is 0 Å². The van der Waals surface area contributed by atoms with Gasteiger partial charge in [0.2, 0.25) is 0 Å². The van der Waals surface area contributed by atoms with Gasteiger partial charge in [0.15, 0.2) is 0 Å². The van der Waals surface area contributed by atoms with E-state index in [1.165, 1.54) is 6.20 Å². The zero-order valence-electron chi connectivity index (χ0n) is 5.14. The van der Waals surface area contributed by atoms with E-state index in [1.54, 1.807) is 12.1 Å². The Morgan fingerprint density at radius 1 is 1.40 bits per heavy atom. The Kier molecular flexibility index (Phi) is 2.30. The van der Waals surface area contributed by atoms with Gasteiger partial charge in [0, 0.05) is 6.20 Å². The predicted molar refractivity (Wildman–Crippen MR) is 44.3 cm³/mol. The molecule has 52 valence electrons. The largest absolute Gasteiger partial charge is 0.255 e. The molecule has 0 aliphatic heterocycles. The monoisotopic (exact) mass is 173 g/mol. The van der Waals surface area contributed by atoms with E-state index < -0.39 is 0 Å². The SMILES string of the molecule is C=Cc1cc(Cl)c(Cl)cn1.